The molecule has 4 N–H and O–H groups in total. The summed E-state index contributed by atoms with van der Waals surface area (Å²) in [5.41, 5.74) is 7.87. The molecule has 0 aliphatic heterocycles. The number of aryl methyl sites for hydroxylation is 1. The Bertz CT molecular complexity index is 712. The molecule has 1 amide bonds. The molecule has 1 aromatic heterocycles. The number of anilines is 1. The topological polar surface area (TPSA) is 75.3 Å². The molecule has 6 heteroatoms. The number of nitrogens with one attached hydrogen (secondary N) is 1. The van der Waals surface area contributed by atoms with Gasteiger partial charge in [-0.15, -0.1) is 11.3 Å². The molecule has 0 fully saturated rings. The first kappa shape index (κ1) is 15.5. The number of carbonyl (C=O) groups excluding carboxylic acids is 1. The summed E-state index contributed by atoms with van der Waals surface area (Å²) >= 11 is 7.56. The summed E-state index contributed by atoms with van der Waals surface area (Å²) in [4.78, 5) is 13.6. The molecule has 1 aromatic carbocycles. The van der Waals surface area contributed by atoms with Crippen LogP contribution < -0.4 is 11.1 Å². The van der Waals surface area contributed by atoms with Crippen LogP contribution in [-0.2, 0) is 12.8 Å². The van der Waals surface area contributed by atoms with Crippen molar-refractivity contribution >= 4 is 33.8 Å². The predicted molar refractivity (Wildman–Crippen MR) is 89.5 cm³/mol. The van der Waals surface area contributed by atoms with Crippen LogP contribution in [0.5, 0.6) is 0 Å². The smallest absolute Gasteiger partial charge is 0.257 e. The Labute approximate surface area is 137 Å². The van der Waals surface area contributed by atoms with E-state index in [4.69, 9.17) is 17.3 Å². The second-order valence-electron chi connectivity index (χ2n) is 5.33. The molecule has 1 atom stereocenters. The third-order valence-electron chi connectivity index (χ3n) is 3.85. The number of nitrogens with two attached hydrogens (primary N) is 1. The van der Waals surface area contributed by atoms with Gasteiger partial charge < -0.3 is 16.2 Å². The Balaban J connectivity index is 1.94. The fraction of sp³-hybridized carbons (Fsp3) is 0.312. The van der Waals surface area contributed by atoms with E-state index in [0.717, 1.165) is 31.2 Å². The van der Waals surface area contributed by atoms with Crippen molar-refractivity contribution in [3.63, 3.8) is 0 Å². The summed E-state index contributed by atoms with van der Waals surface area (Å²) in [6.07, 6.45) is 3.01. The van der Waals surface area contributed by atoms with E-state index in [-0.39, 0.29) is 5.91 Å². The van der Waals surface area contributed by atoms with Crippen molar-refractivity contribution in [2.24, 2.45) is 5.73 Å². The molecule has 116 valence electrons. The fourth-order valence-corrected chi connectivity index (χ4v) is 4.36. The second-order valence-corrected chi connectivity index (χ2v) is 6.84. The average molecular weight is 337 g/mol. The van der Waals surface area contributed by atoms with E-state index in [1.54, 1.807) is 24.3 Å². The fourth-order valence-electron chi connectivity index (χ4n) is 2.81. The largest absolute Gasteiger partial charge is 0.374 e. The van der Waals surface area contributed by atoms with Crippen molar-refractivity contribution in [3.05, 3.63) is 50.9 Å². The van der Waals surface area contributed by atoms with Crippen LogP contribution in [0, 0.1) is 0 Å². The van der Waals surface area contributed by atoms with Gasteiger partial charge in [-0.2, -0.15) is 0 Å². The minimum absolute atomic E-state index is 0.286. The number of benzene rings is 1. The summed E-state index contributed by atoms with van der Waals surface area (Å²) in [7, 11) is 0. The zero-order valence-electron chi connectivity index (χ0n) is 11.9. The van der Waals surface area contributed by atoms with Gasteiger partial charge >= 0.3 is 0 Å². The number of amides is 1. The minimum Gasteiger partial charge on any atom is -0.374 e. The van der Waals surface area contributed by atoms with Crippen molar-refractivity contribution in [1.29, 1.82) is 0 Å². The maximum absolute atomic E-state index is 12.4. The number of hydrogen-bond donors (Lipinski definition) is 3. The first-order chi connectivity index (χ1) is 10.6. The van der Waals surface area contributed by atoms with Crippen molar-refractivity contribution in [2.45, 2.75) is 31.9 Å². The molecular weight excluding hydrogens is 320 g/mol. The van der Waals surface area contributed by atoms with Crippen LogP contribution >= 0.6 is 22.9 Å². The number of fused-ring (bicyclic) bond motifs is 1. The molecule has 4 nitrogen and oxygen atoms in total. The lowest BCUT2D eigenvalue weighted by Crippen LogP contribution is -2.17. The molecular formula is C16H17ClN2O2S. The second kappa shape index (κ2) is 6.38. The lowest BCUT2D eigenvalue weighted by molar-refractivity contribution is 0.102. The first-order valence-corrected chi connectivity index (χ1v) is 8.41. The molecule has 0 saturated carbocycles. The molecule has 1 aliphatic rings. The number of aliphatic hydroxyl groups is 1. The van der Waals surface area contributed by atoms with E-state index in [1.807, 2.05) is 0 Å². The predicted octanol–water partition coefficient (Wildman–Crippen LogP) is 3.48. The summed E-state index contributed by atoms with van der Waals surface area (Å²) < 4.78 is 0. The third-order valence-corrected chi connectivity index (χ3v) is 5.41. The summed E-state index contributed by atoms with van der Waals surface area (Å²) in [6, 6.07) is 6.88. The number of rotatable bonds is 3. The first-order valence-electron chi connectivity index (χ1n) is 7.22. The van der Waals surface area contributed by atoms with Crippen LogP contribution in [0.15, 0.2) is 24.3 Å². The van der Waals surface area contributed by atoms with Gasteiger partial charge in [0, 0.05) is 10.4 Å². The van der Waals surface area contributed by atoms with Crippen molar-refractivity contribution in [1.82, 2.24) is 0 Å². The van der Waals surface area contributed by atoms with Gasteiger partial charge in [0.05, 0.1) is 10.6 Å². The number of thiophene rings is 1. The van der Waals surface area contributed by atoms with E-state index in [2.05, 4.69) is 5.32 Å². The molecule has 1 aliphatic carbocycles. The summed E-state index contributed by atoms with van der Waals surface area (Å²) in [6.45, 7) is 0. The highest BCUT2D eigenvalue weighted by Crippen LogP contribution is 2.40. The maximum atomic E-state index is 12.4. The Morgan fingerprint density at radius 2 is 2.05 bits per heavy atom. The van der Waals surface area contributed by atoms with Gasteiger partial charge in [-0.3, -0.25) is 4.79 Å². The van der Waals surface area contributed by atoms with E-state index >= 15 is 0 Å². The van der Waals surface area contributed by atoms with Crippen LogP contribution in [-0.4, -0.2) is 11.0 Å². The SMILES string of the molecule is NC(O)c1c(NC(=O)c2ccccc2Cl)sc2c1CCCC2. The summed E-state index contributed by atoms with van der Waals surface area (Å²) in [5, 5.41) is 13.8. The van der Waals surface area contributed by atoms with Gasteiger partial charge in [0.25, 0.3) is 5.91 Å². The Morgan fingerprint density at radius 1 is 1.32 bits per heavy atom. The van der Waals surface area contributed by atoms with Crippen LogP contribution in [0.25, 0.3) is 0 Å². The van der Waals surface area contributed by atoms with Crippen LogP contribution in [0.1, 0.15) is 45.4 Å². The standard InChI is InChI=1S/C16H17ClN2O2S/c17-11-7-3-1-5-9(11)15(21)19-16-13(14(18)20)10-6-2-4-8-12(10)22-16/h1,3,5,7,14,20H,2,4,6,8,18H2,(H,19,21). The van der Waals surface area contributed by atoms with Crippen molar-refractivity contribution < 1.29 is 9.90 Å². The normalized spacial score (nSPS) is 15.2. The van der Waals surface area contributed by atoms with Gasteiger partial charge in [0.15, 0.2) is 0 Å². The van der Waals surface area contributed by atoms with Crippen LogP contribution in [0.2, 0.25) is 5.02 Å². The van der Waals surface area contributed by atoms with Crippen LogP contribution in [0.4, 0.5) is 5.00 Å². The number of aliphatic hydroxyl groups excluding tert-OH is 1. The number of halogens is 1. The molecule has 0 spiro atoms. The molecule has 22 heavy (non-hydrogen) atoms. The number of carbonyl (C=O) groups is 1. The quantitative estimate of drug-likeness (QED) is 0.751. The van der Waals surface area contributed by atoms with Gasteiger partial charge in [-0.1, -0.05) is 23.7 Å². The Kier molecular flexibility index (Phi) is 4.49. The van der Waals surface area contributed by atoms with Gasteiger partial charge in [-0.25, -0.2) is 0 Å². The Hall–Kier alpha value is -1.40. The highest BCUT2D eigenvalue weighted by atomic mass is 35.5. The average Bonchev–Trinajstić information content (AvgIpc) is 2.85. The maximum Gasteiger partial charge on any atom is 0.257 e. The van der Waals surface area contributed by atoms with E-state index < -0.39 is 6.23 Å². The third kappa shape index (κ3) is 2.90. The molecule has 0 bridgehead atoms. The minimum atomic E-state index is -1.08. The van der Waals surface area contributed by atoms with Crippen LogP contribution in [0.3, 0.4) is 0 Å². The van der Waals surface area contributed by atoms with Crippen molar-refractivity contribution in [3.8, 4) is 0 Å². The highest BCUT2D eigenvalue weighted by Gasteiger charge is 2.25. The van der Waals surface area contributed by atoms with Gasteiger partial charge in [0.2, 0.25) is 0 Å². The zero-order valence-corrected chi connectivity index (χ0v) is 13.5. The molecule has 1 unspecified atom stereocenters. The Morgan fingerprint density at radius 3 is 2.77 bits per heavy atom. The number of hydrogen-bond acceptors (Lipinski definition) is 4. The lowest BCUT2D eigenvalue weighted by Gasteiger charge is -2.14. The molecule has 2 aromatic rings. The summed E-state index contributed by atoms with van der Waals surface area (Å²) in [5.74, 6) is -0.286. The van der Waals surface area contributed by atoms with Crippen molar-refractivity contribution in [2.75, 3.05) is 5.32 Å². The van der Waals surface area contributed by atoms with E-state index in [1.165, 1.54) is 16.2 Å². The zero-order chi connectivity index (χ0) is 15.7. The lowest BCUT2D eigenvalue weighted by atomic mass is 9.95. The molecule has 0 saturated heterocycles. The molecule has 1 heterocycles. The van der Waals surface area contributed by atoms with E-state index in [9.17, 15) is 9.90 Å². The monoisotopic (exact) mass is 336 g/mol. The van der Waals surface area contributed by atoms with Gasteiger partial charge in [-0.05, 0) is 43.4 Å². The highest BCUT2D eigenvalue weighted by molar-refractivity contribution is 7.16. The molecule has 3 rings (SSSR count). The molecule has 0 radical (unpaired) electrons. The van der Waals surface area contributed by atoms with Gasteiger partial charge in [0.1, 0.15) is 11.2 Å². The van der Waals surface area contributed by atoms with E-state index in [0.29, 0.717) is 21.2 Å².